The van der Waals surface area contributed by atoms with Gasteiger partial charge in [-0.15, -0.1) is 0 Å². The van der Waals surface area contributed by atoms with E-state index in [1.165, 1.54) is 6.08 Å². The van der Waals surface area contributed by atoms with E-state index in [0.29, 0.717) is 22.9 Å². The van der Waals surface area contributed by atoms with Crippen LogP contribution >= 0.6 is 15.9 Å². The average Bonchev–Trinajstić information content (AvgIpc) is 2.62. The lowest BCUT2D eigenvalue weighted by molar-refractivity contribution is -0.131. The molecule has 0 amide bonds. The number of pyridine rings is 1. The van der Waals surface area contributed by atoms with Crippen molar-refractivity contribution in [2.45, 2.75) is 6.92 Å². The van der Waals surface area contributed by atoms with E-state index in [1.54, 1.807) is 37.1 Å². The normalized spacial score (nSPS) is 10.9. The van der Waals surface area contributed by atoms with Crippen LogP contribution in [0, 0.1) is 6.92 Å². The van der Waals surface area contributed by atoms with Crippen LogP contribution in [-0.2, 0) is 11.8 Å². The second-order valence-corrected chi connectivity index (χ2v) is 4.96. The summed E-state index contributed by atoms with van der Waals surface area (Å²) in [6.07, 6.45) is 5.73. The van der Waals surface area contributed by atoms with Crippen molar-refractivity contribution in [3.8, 4) is 11.6 Å². The van der Waals surface area contributed by atoms with Crippen LogP contribution in [0.15, 0.2) is 29.0 Å². The molecule has 7 heteroatoms. The fourth-order valence-corrected chi connectivity index (χ4v) is 2.02. The smallest absolute Gasteiger partial charge is 0.328 e. The summed E-state index contributed by atoms with van der Waals surface area (Å²) in [7, 11) is 1.73. The number of rotatable bonds is 4. The minimum Gasteiger partial charge on any atom is -0.478 e. The third-order valence-electron chi connectivity index (χ3n) is 2.50. The van der Waals surface area contributed by atoms with Crippen molar-refractivity contribution in [3.05, 3.63) is 40.3 Å². The van der Waals surface area contributed by atoms with E-state index >= 15 is 0 Å². The molecule has 0 radical (unpaired) electrons. The quantitative estimate of drug-likeness (QED) is 0.868. The van der Waals surface area contributed by atoms with Crippen molar-refractivity contribution in [3.63, 3.8) is 0 Å². The van der Waals surface area contributed by atoms with Gasteiger partial charge in [-0.3, -0.25) is 4.98 Å². The molecule has 2 rings (SSSR count). The standard InChI is InChI=1S/C13H12BrN3O3/c1-8-11(3-4-12(18)19)13(17(2)16-8)20-10-5-9(14)6-15-7-10/h3-7H,1-2H3,(H,18,19). The minimum atomic E-state index is -1.02. The highest BCUT2D eigenvalue weighted by Crippen LogP contribution is 2.29. The SMILES string of the molecule is Cc1nn(C)c(Oc2cncc(Br)c2)c1C=CC(=O)O. The van der Waals surface area contributed by atoms with Crippen LogP contribution in [-0.4, -0.2) is 25.8 Å². The molecule has 0 aliphatic carbocycles. The molecule has 2 aromatic heterocycles. The third-order valence-corrected chi connectivity index (χ3v) is 2.93. The van der Waals surface area contributed by atoms with Gasteiger partial charge in [0.05, 0.1) is 17.5 Å². The Morgan fingerprint density at radius 2 is 2.25 bits per heavy atom. The van der Waals surface area contributed by atoms with Gasteiger partial charge in [0.15, 0.2) is 0 Å². The van der Waals surface area contributed by atoms with E-state index in [2.05, 4.69) is 26.0 Å². The van der Waals surface area contributed by atoms with Crippen LogP contribution < -0.4 is 4.74 Å². The number of aromatic nitrogens is 3. The maximum atomic E-state index is 10.6. The Morgan fingerprint density at radius 1 is 1.50 bits per heavy atom. The van der Waals surface area contributed by atoms with E-state index in [9.17, 15) is 4.79 Å². The highest BCUT2D eigenvalue weighted by molar-refractivity contribution is 9.10. The van der Waals surface area contributed by atoms with Gasteiger partial charge >= 0.3 is 5.97 Å². The van der Waals surface area contributed by atoms with Crippen molar-refractivity contribution in [1.29, 1.82) is 0 Å². The molecule has 0 aliphatic rings. The summed E-state index contributed by atoms with van der Waals surface area (Å²) >= 11 is 3.31. The number of carbonyl (C=O) groups is 1. The van der Waals surface area contributed by atoms with Crippen LogP contribution in [0.3, 0.4) is 0 Å². The lowest BCUT2D eigenvalue weighted by atomic mass is 10.2. The molecule has 104 valence electrons. The van der Waals surface area contributed by atoms with Gasteiger partial charge in [0.1, 0.15) is 5.75 Å². The summed E-state index contributed by atoms with van der Waals surface area (Å²) in [5.41, 5.74) is 1.30. The minimum absolute atomic E-state index is 0.458. The molecular weight excluding hydrogens is 326 g/mol. The van der Waals surface area contributed by atoms with Crippen molar-refractivity contribution in [2.75, 3.05) is 0 Å². The molecule has 2 heterocycles. The van der Waals surface area contributed by atoms with Gasteiger partial charge in [0.2, 0.25) is 5.88 Å². The Kier molecular flexibility index (Phi) is 4.19. The second kappa shape index (κ2) is 5.87. The van der Waals surface area contributed by atoms with Gasteiger partial charge in [-0.05, 0) is 35.0 Å². The highest BCUT2D eigenvalue weighted by Gasteiger charge is 2.14. The Hall–Kier alpha value is -2.15. The number of aryl methyl sites for hydroxylation is 2. The summed E-state index contributed by atoms with van der Waals surface area (Å²) in [6, 6.07) is 1.76. The molecule has 2 aromatic rings. The van der Waals surface area contributed by atoms with Crippen molar-refractivity contribution >= 4 is 28.0 Å². The van der Waals surface area contributed by atoms with Crippen LogP contribution in [0.25, 0.3) is 6.08 Å². The number of carboxylic acids is 1. The Bertz CT molecular complexity index is 679. The largest absolute Gasteiger partial charge is 0.478 e. The van der Waals surface area contributed by atoms with Crippen molar-refractivity contribution < 1.29 is 14.6 Å². The number of ether oxygens (including phenoxy) is 1. The number of halogens is 1. The van der Waals surface area contributed by atoms with Crippen molar-refractivity contribution in [2.24, 2.45) is 7.05 Å². The van der Waals surface area contributed by atoms with Gasteiger partial charge in [-0.1, -0.05) is 0 Å². The van der Waals surface area contributed by atoms with Crippen LogP contribution in [0.2, 0.25) is 0 Å². The molecule has 0 unspecified atom stereocenters. The molecular formula is C13H12BrN3O3. The Balaban J connectivity index is 2.38. The van der Waals surface area contributed by atoms with Gasteiger partial charge in [-0.2, -0.15) is 5.10 Å². The lowest BCUT2D eigenvalue weighted by Crippen LogP contribution is -1.96. The van der Waals surface area contributed by atoms with Gasteiger partial charge in [0, 0.05) is 23.8 Å². The van der Waals surface area contributed by atoms with Crippen LogP contribution in [0.1, 0.15) is 11.3 Å². The first kappa shape index (κ1) is 14.3. The molecule has 1 N–H and O–H groups in total. The summed E-state index contributed by atoms with van der Waals surface area (Å²) < 4.78 is 8.08. The third kappa shape index (κ3) is 3.24. The maximum absolute atomic E-state index is 10.6. The Morgan fingerprint density at radius 3 is 2.90 bits per heavy atom. The van der Waals surface area contributed by atoms with E-state index in [-0.39, 0.29) is 0 Å². The Labute approximate surface area is 123 Å². The molecule has 0 bridgehead atoms. The number of carboxylic acid groups (broad SMARTS) is 1. The number of nitrogens with zero attached hydrogens (tertiary/aromatic N) is 3. The number of hydrogen-bond donors (Lipinski definition) is 1. The average molecular weight is 338 g/mol. The monoisotopic (exact) mass is 337 g/mol. The first-order valence-corrected chi connectivity index (χ1v) is 6.49. The number of hydrogen-bond acceptors (Lipinski definition) is 4. The zero-order valence-corrected chi connectivity index (χ0v) is 12.5. The summed E-state index contributed by atoms with van der Waals surface area (Å²) in [5.74, 6) is -0.0319. The molecule has 0 aliphatic heterocycles. The topological polar surface area (TPSA) is 77.2 Å². The van der Waals surface area contributed by atoms with E-state index in [1.807, 2.05) is 0 Å². The maximum Gasteiger partial charge on any atom is 0.328 e. The fraction of sp³-hybridized carbons (Fsp3) is 0.154. The van der Waals surface area contributed by atoms with Gasteiger partial charge < -0.3 is 9.84 Å². The molecule has 0 saturated carbocycles. The highest BCUT2D eigenvalue weighted by atomic mass is 79.9. The molecule has 0 aromatic carbocycles. The molecule has 6 nitrogen and oxygen atoms in total. The molecule has 20 heavy (non-hydrogen) atoms. The van der Waals surface area contributed by atoms with Crippen molar-refractivity contribution in [1.82, 2.24) is 14.8 Å². The summed E-state index contributed by atoms with van der Waals surface area (Å²) in [4.78, 5) is 14.6. The first-order chi connectivity index (χ1) is 9.47. The second-order valence-electron chi connectivity index (χ2n) is 4.04. The van der Waals surface area contributed by atoms with E-state index < -0.39 is 5.97 Å². The van der Waals surface area contributed by atoms with Gasteiger partial charge in [-0.25, -0.2) is 9.48 Å². The molecule has 0 spiro atoms. The predicted molar refractivity (Wildman–Crippen MR) is 76.6 cm³/mol. The zero-order chi connectivity index (χ0) is 14.7. The van der Waals surface area contributed by atoms with Crippen LogP contribution in [0.4, 0.5) is 0 Å². The fourth-order valence-electron chi connectivity index (χ4n) is 1.68. The molecule has 0 saturated heterocycles. The lowest BCUT2D eigenvalue weighted by Gasteiger charge is -2.06. The van der Waals surface area contributed by atoms with E-state index in [4.69, 9.17) is 9.84 Å². The predicted octanol–water partition coefficient (Wildman–Crippen LogP) is 2.78. The zero-order valence-electron chi connectivity index (χ0n) is 10.9. The summed E-state index contributed by atoms with van der Waals surface area (Å²) in [5, 5.41) is 12.9. The molecule has 0 atom stereocenters. The first-order valence-electron chi connectivity index (χ1n) is 5.70. The summed E-state index contributed by atoms with van der Waals surface area (Å²) in [6.45, 7) is 1.79. The van der Waals surface area contributed by atoms with E-state index in [0.717, 1.165) is 10.5 Å². The molecule has 0 fully saturated rings. The van der Waals surface area contributed by atoms with Crippen LogP contribution in [0.5, 0.6) is 11.6 Å². The number of aliphatic carboxylic acids is 1. The van der Waals surface area contributed by atoms with Gasteiger partial charge in [0.25, 0.3) is 0 Å².